The minimum Gasteiger partial charge on any atom is -0.491 e. The van der Waals surface area contributed by atoms with Gasteiger partial charge in [0.2, 0.25) is 5.91 Å². The monoisotopic (exact) mass is 306 g/mol. The van der Waals surface area contributed by atoms with E-state index in [-0.39, 0.29) is 12.5 Å². The Bertz CT molecular complexity index is 463. The Labute approximate surface area is 132 Å². The highest BCUT2D eigenvalue weighted by molar-refractivity contribution is 5.72. The van der Waals surface area contributed by atoms with Crippen LogP contribution in [-0.4, -0.2) is 43.4 Å². The maximum Gasteiger partial charge on any atom is 0.216 e. The Balaban J connectivity index is 2.19. The predicted octanol–water partition coefficient (Wildman–Crippen LogP) is 1.27. The van der Waals surface area contributed by atoms with E-state index in [9.17, 15) is 9.90 Å². The summed E-state index contributed by atoms with van der Waals surface area (Å²) in [5.74, 6) is 0.763. The molecule has 0 spiro atoms. The minimum absolute atomic E-state index is 0.0216. The summed E-state index contributed by atoms with van der Waals surface area (Å²) in [6, 6.07) is 7.75. The first-order chi connectivity index (χ1) is 10.6. The van der Waals surface area contributed by atoms with E-state index in [1.807, 2.05) is 30.3 Å². The average molecular weight is 306 g/mol. The summed E-state index contributed by atoms with van der Waals surface area (Å²) in [6.07, 6.45) is 2.83. The second-order valence-electron chi connectivity index (χ2n) is 5.11. The average Bonchev–Trinajstić information content (AvgIpc) is 2.50. The molecule has 1 rings (SSSR count). The third-order valence-corrected chi connectivity index (χ3v) is 3.05. The van der Waals surface area contributed by atoms with Crippen LogP contribution in [0.5, 0.6) is 5.75 Å². The number of benzene rings is 1. The zero-order valence-electron chi connectivity index (χ0n) is 13.2. The molecule has 1 amide bonds. The first-order valence-corrected chi connectivity index (χ1v) is 7.58. The second kappa shape index (κ2) is 10.8. The van der Waals surface area contributed by atoms with Crippen molar-refractivity contribution in [3.05, 3.63) is 42.5 Å². The van der Waals surface area contributed by atoms with Gasteiger partial charge in [0.25, 0.3) is 0 Å². The lowest BCUT2D eigenvalue weighted by atomic mass is 10.1. The summed E-state index contributed by atoms with van der Waals surface area (Å²) in [7, 11) is 0. The maximum atomic E-state index is 10.7. The number of amides is 1. The van der Waals surface area contributed by atoms with Crippen LogP contribution in [0.2, 0.25) is 0 Å². The molecule has 1 aromatic carbocycles. The van der Waals surface area contributed by atoms with Crippen LogP contribution in [0.15, 0.2) is 36.9 Å². The van der Waals surface area contributed by atoms with Gasteiger partial charge in [-0.3, -0.25) is 4.79 Å². The number of aliphatic hydroxyl groups excluding tert-OH is 1. The van der Waals surface area contributed by atoms with Gasteiger partial charge in [0.1, 0.15) is 18.5 Å². The fourth-order valence-electron chi connectivity index (χ4n) is 1.96. The topological polar surface area (TPSA) is 70.6 Å². The van der Waals surface area contributed by atoms with Gasteiger partial charge in [-0.1, -0.05) is 24.3 Å². The van der Waals surface area contributed by atoms with E-state index in [0.29, 0.717) is 13.1 Å². The van der Waals surface area contributed by atoms with Crippen molar-refractivity contribution in [1.29, 1.82) is 0 Å². The molecule has 0 saturated carbocycles. The number of allylic oxidation sites excluding steroid dienone is 1. The Morgan fingerprint density at radius 2 is 2.18 bits per heavy atom. The molecular weight excluding hydrogens is 280 g/mol. The third kappa shape index (κ3) is 7.81. The van der Waals surface area contributed by atoms with Crippen LogP contribution in [0, 0.1) is 0 Å². The number of hydrogen-bond donors (Lipinski definition) is 3. The Morgan fingerprint density at radius 1 is 1.41 bits per heavy atom. The molecule has 3 N–H and O–H groups in total. The number of nitrogens with one attached hydrogen (secondary N) is 2. The number of aliphatic hydroxyl groups is 1. The van der Waals surface area contributed by atoms with Gasteiger partial charge in [-0.25, -0.2) is 0 Å². The lowest BCUT2D eigenvalue weighted by Crippen LogP contribution is -2.33. The number of para-hydroxylation sites is 1. The van der Waals surface area contributed by atoms with Crippen molar-refractivity contribution >= 4 is 5.91 Å². The highest BCUT2D eigenvalue weighted by Gasteiger charge is 2.07. The fourth-order valence-corrected chi connectivity index (χ4v) is 1.96. The Kier molecular flexibility index (Phi) is 8.95. The van der Waals surface area contributed by atoms with Gasteiger partial charge in [-0.2, -0.15) is 0 Å². The van der Waals surface area contributed by atoms with Crippen molar-refractivity contribution < 1.29 is 14.6 Å². The Hall–Kier alpha value is -1.85. The first-order valence-electron chi connectivity index (χ1n) is 7.58. The molecule has 1 unspecified atom stereocenters. The smallest absolute Gasteiger partial charge is 0.216 e. The lowest BCUT2D eigenvalue weighted by molar-refractivity contribution is -0.118. The molecule has 0 heterocycles. The molecule has 5 heteroatoms. The molecule has 0 aliphatic carbocycles. The van der Waals surface area contributed by atoms with Crippen molar-refractivity contribution in [1.82, 2.24) is 10.6 Å². The number of carbonyl (C=O) groups is 1. The van der Waals surface area contributed by atoms with Crippen molar-refractivity contribution in [2.45, 2.75) is 25.9 Å². The molecule has 22 heavy (non-hydrogen) atoms. The van der Waals surface area contributed by atoms with Gasteiger partial charge >= 0.3 is 0 Å². The van der Waals surface area contributed by atoms with Crippen molar-refractivity contribution in [2.24, 2.45) is 0 Å². The predicted molar refractivity (Wildman–Crippen MR) is 88.0 cm³/mol. The van der Waals surface area contributed by atoms with Crippen LogP contribution < -0.4 is 15.4 Å². The lowest BCUT2D eigenvalue weighted by Gasteiger charge is -2.15. The molecule has 0 aromatic heterocycles. The van der Waals surface area contributed by atoms with E-state index < -0.39 is 6.10 Å². The summed E-state index contributed by atoms with van der Waals surface area (Å²) in [5.41, 5.74) is 1.06. The molecule has 5 nitrogen and oxygen atoms in total. The van der Waals surface area contributed by atoms with Crippen LogP contribution in [-0.2, 0) is 11.2 Å². The number of carbonyl (C=O) groups excluding carboxylic acids is 1. The van der Waals surface area contributed by atoms with E-state index >= 15 is 0 Å². The molecule has 0 aliphatic heterocycles. The van der Waals surface area contributed by atoms with Gasteiger partial charge in [-0.05, 0) is 31.0 Å². The van der Waals surface area contributed by atoms with Crippen LogP contribution in [0.25, 0.3) is 0 Å². The van der Waals surface area contributed by atoms with E-state index in [2.05, 4.69) is 17.2 Å². The molecule has 0 aliphatic rings. The molecule has 1 atom stereocenters. The van der Waals surface area contributed by atoms with Crippen LogP contribution >= 0.6 is 0 Å². The molecule has 1 aromatic rings. The standard InChI is InChI=1S/C17H26N2O3/c1-3-7-15-8-4-5-9-17(15)22-13-16(21)12-18-10-6-11-19-14(2)20/h3-5,8-9,16,18,21H,1,6-7,10-13H2,2H3,(H,19,20). The van der Waals surface area contributed by atoms with Gasteiger partial charge in [0, 0.05) is 20.0 Å². The van der Waals surface area contributed by atoms with Crippen molar-refractivity contribution in [3.8, 4) is 5.75 Å². The molecule has 0 radical (unpaired) electrons. The molecule has 122 valence electrons. The fraction of sp³-hybridized carbons (Fsp3) is 0.471. The van der Waals surface area contributed by atoms with E-state index in [1.54, 1.807) is 0 Å². The van der Waals surface area contributed by atoms with Crippen LogP contribution in [0.1, 0.15) is 18.9 Å². The van der Waals surface area contributed by atoms with Gasteiger partial charge in [0.15, 0.2) is 0 Å². The van der Waals surface area contributed by atoms with Crippen molar-refractivity contribution in [2.75, 3.05) is 26.2 Å². The normalized spacial score (nSPS) is 11.7. The quantitative estimate of drug-likeness (QED) is 0.425. The van der Waals surface area contributed by atoms with E-state index in [0.717, 1.165) is 30.7 Å². The largest absolute Gasteiger partial charge is 0.491 e. The highest BCUT2D eigenvalue weighted by Crippen LogP contribution is 2.18. The van der Waals surface area contributed by atoms with Gasteiger partial charge in [-0.15, -0.1) is 6.58 Å². The summed E-state index contributed by atoms with van der Waals surface area (Å²) >= 11 is 0. The SMILES string of the molecule is C=CCc1ccccc1OCC(O)CNCCCNC(C)=O. The number of hydrogen-bond acceptors (Lipinski definition) is 4. The second-order valence-corrected chi connectivity index (χ2v) is 5.11. The first kappa shape index (κ1) is 18.2. The van der Waals surface area contributed by atoms with Crippen LogP contribution in [0.3, 0.4) is 0 Å². The Morgan fingerprint density at radius 3 is 2.91 bits per heavy atom. The molecule has 0 fully saturated rings. The van der Waals surface area contributed by atoms with Crippen LogP contribution in [0.4, 0.5) is 0 Å². The number of rotatable bonds is 11. The number of ether oxygens (including phenoxy) is 1. The minimum atomic E-state index is -0.572. The van der Waals surface area contributed by atoms with Gasteiger partial charge in [0.05, 0.1) is 0 Å². The third-order valence-electron chi connectivity index (χ3n) is 3.05. The van der Waals surface area contributed by atoms with E-state index in [4.69, 9.17) is 4.74 Å². The highest BCUT2D eigenvalue weighted by atomic mass is 16.5. The summed E-state index contributed by atoms with van der Waals surface area (Å²) in [4.78, 5) is 10.7. The summed E-state index contributed by atoms with van der Waals surface area (Å²) in [6.45, 7) is 7.31. The zero-order chi connectivity index (χ0) is 16.2. The molecule has 0 saturated heterocycles. The van der Waals surface area contributed by atoms with E-state index in [1.165, 1.54) is 6.92 Å². The summed E-state index contributed by atoms with van der Waals surface area (Å²) in [5, 5.41) is 15.8. The maximum absolute atomic E-state index is 10.7. The summed E-state index contributed by atoms with van der Waals surface area (Å²) < 4.78 is 5.67. The zero-order valence-corrected chi connectivity index (χ0v) is 13.2. The van der Waals surface area contributed by atoms with Crippen molar-refractivity contribution in [3.63, 3.8) is 0 Å². The molecule has 0 bridgehead atoms. The molecular formula is C17H26N2O3. The van der Waals surface area contributed by atoms with Gasteiger partial charge < -0.3 is 20.5 Å².